The van der Waals surface area contributed by atoms with E-state index in [9.17, 15) is 4.91 Å². The SMILES string of the molecule is CN(N=O)C1OC1N. The second-order valence-corrected chi connectivity index (χ2v) is 1.65. The fourth-order valence-electron chi connectivity index (χ4n) is 0.463. The number of likely N-dealkylation sites (N-methyl/N-ethyl adjacent to an activating group) is 1. The predicted octanol–water partition coefficient (Wildman–Crippen LogP) is -0.759. The third-order valence-corrected chi connectivity index (χ3v) is 0.998. The second kappa shape index (κ2) is 1.68. The van der Waals surface area contributed by atoms with Crippen LogP contribution in [0.5, 0.6) is 0 Å². The molecule has 1 saturated heterocycles. The Kier molecular flexibility index (Phi) is 1.15. The zero-order valence-corrected chi connectivity index (χ0v) is 4.44. The first-order chi connectivity index (χ1) is 3.75. The van der Waals surface area contributed by atoms with Gasteiger partial charge in [-0.3, -0.25) is 0 Å². The number of rotatable bonds is 2. The number of hydrogen-bond acceptors (Lipinski definition) is 4. The Hall–Kier alpha value is -0.680. The number of nitrogens with zero attached hydrogens (tertiary/aromatic N) is 2. The third-order valence-electron chi connectivity index (χ3n) is 0.998. The molecule has 5 nitrogen and oxygen atoms in total. The molecule has 2 N–H and O–H groups in total. The molecule has 1 fully saturated rings. The average molecular weight is 117 g/mol. The van der Waals surface area contributed by atoms with E-state index in [0.29, 0.717) is 0 Å². The van der Waals surface area contributed by atoms with Gasteiger partial charge in [-0.05, 0) is 0 Å². The number of epoxide rings is 1. The quantitative estimate of drug-likeness (QED) is 0.293. The van der Waals surface area contributed by atoms with E-state index in [4.69, 9.17) is 5.73 Å². The van der Waals surface area contributed by atoms with Crippen LogP contribution < -0.4 is 5.73 Å². The summed E-state index contributed by atoms with van der Waals surface area (Å²) in [6.07, 6.45) is -0.606. The van der Waals surface area contributed by atoms with Crippen molar-refractivity contribution >= 4 is 0 Å². The van der Waals surface area contributed by atoms with E-state index < -0.39 is 0 Å². The molecule has 1 aliphatic rings. The monoisotopic (exact) mass is 117 g/mol. The highest BCUT2D eigenvalue weighted by molar-refractivity contribution is 4.75. The lowest BCUT2D eigenvalue weighted by Gasteiger charge is -1.99. The highest BCUT2D eigenvalue weighted by Gasteiger charge is 2.39. The van der Waals surface area contributed by atoms with E-state index in [1.165, 1.54) is 7.05 Å². The van der Waals surface area contributed by atoms with Crippen LogP contribution >= 0.6 is 0 Å². The molecular formula is C3H7N3O2. The van der Waals surface area contributed by atoms with E-state index in [-0.39, 0.29) is 12.5 Å². The summed E-state index contributed by atoms with van der Waals surface area (Å²) < 4.78 is 4.68. The maximum atomic E-state index is 9.67. The van der Waals surface area contributed by atoms with Crippen molar-refractivity contribution in [3.05, 3.63) is 4.91 Å². The predicted molar refractivity (Wildman–Crippen MR) is 26.4 cm³/mol. The molecule has 2 unspecified atom stereocenters. The molecule has 1 rings (SSSR count). The van der Waals surface area contributed by atoms with Gasteiger partial charge < -0.3 is 10.5 Å². The topological polar surface area (TPSA) is 71.2 Å². The molecule has 0 aromatic carbocycles. The Morgan fingerprint density at radius 2 is 2.38 bits per heavy atom. The summed E-state index contributed by atoms with van der Waals surface area (Å²) >= 11 is 0. The number of ether oxygens (including phenoxy) is 1. The Bertz CT molecular complexity index is 107. The summed E-state index contributed by atoms with van der Waals surface area (Å²) in [5, 5.41) is 3.72. The van der Waals surface area contributed by atoms with Gasteiger partial charge in [0.1, 0.15) is 0 Å². The second-order valence-electron chi connectivity index (χ2n) is 1.65. The molecule has 0 saturated carbocycles. The van der Waals surface area contributed by atoms with Crippen LogP contribution in [0, 0.1) is 4.91 Å². The summed E-state index contributed by atoms with van der Waals surface area (Å²) in [4.78, 5) is 9.67. The molecule has 0 amide bonds. The smallest absolute Gasteiger partial charge is 0.189 e. The molecule has 5 heteroatoms. The van der Waals surface area contributed by atoms with Gasteiger partial charge in [0.05, 0.1) is 5.29 Å². The van der Waals surface area contributed by atoms with Gasteiger partial charge in [0.25, 0.3) is 0 Å². The fraction of sp³-hybridized carbons (Fsp3) is 1.00. The van der Waals surface area contributed by atoms with Crippen LogP contribution in [0.4, 0.5) is 0 Å². The summed E-state index contributed by atoms with van der Waals surface area (Å²) in [6.45, 7) is 0. The lowest BCUT2D eigenvalue weighted by Crippen LogP contribution is -2.19. The van der Waals surface area contributed by atoms with Gasteiger partial charge in [-0.1, -0.05) is 0 Å². The Morgan fingerprint density at radius 3 is 2.50 bits per heavy atom. The van der Waals surface area contributed by atoms with Crippen molar-refractivity contribution in [2.45, 2.75) is 12.5 Å². The van der Waals surface area contributed by atoms with Gasteiger partial charge >= 0.3 is 0 Å². The third kappa shape index (κ3) is 0.775. The fourth-order valence-corrected chi connectivity index (χ4v) is 0.463. The van der Waals surface area contributed by atoms with Crippen LogP contribution in [0.3, 0.4) is 0 Å². The minimum Gasteiger partial charge on any atom is -0.330 e. The van der Waals surface area contributed by atoms with Crippen LogP contribution in [0.25, 0.3) is 0 Å². The Labute approximate surface area is 46.3 Å². The van der Waals surface area contributed by atoms with Crippen LogP contribution in [0.2, 0.25) is 0 Å². The number of hydrogen-bond donors (Lipinski definition) is 1. The summed E-state index contributed by atoms with van der Waals surface area (Å²) in [5.74, 6) is 0. The molecular weight excluding hydrogens is 110 g/mol. The average Bonchev–Trinajstić information content (AvgIpc) is 2.45. The van der Waals surface area contributed by atoms with Gasteiger partial charge in [-0.25, -0.2) is 5.01 Å². The van der Waals surface area contributed by atoms with Crippen molar-refractivity contribution in [1.82, 2.24) is 5.01 Å². The highest BCUT2D eigenvalue weighted by Crippen LogP contribution is 2.18. The van der Waals surface area contributed by atoms with Gasteiger partial charge in [-0.2, -0.15) is 0 Å². The number of nitrogens with two attached hydrogens (primary N) is 1. The van der Waals surface area contributed by atoms with Gasteiger partial charge in [-0.15, -0.1) is 4.91 Å². The summed E-state index contributed by atoms with van der Waals surface area (Å²) in [5.41, 5.74) is 5.18. The molecule has 0 aromatic heterocycles. The Balaban J connectivity index is 2.27. The molecule has 1 aliphatic heterocycles. The number of nitroso groups, excluding NO2 is 1. The normalized spacial score (nSPS) is 34.2. The molecule has 46 valence electrons. The molecule has 1 heterocycles. The Morgan fingerprint density at radius 1 is 1.88 bits per heavy atom. The highest BCUT2D eigenvalue weighted by atomic mass is 16.6. The van der Waals surface area contributed by atoms with Gasteiger partial charge in [0.2, 0.25) is 0 Å². The van der Waals surface area contributed by atoms with Crippen molar-refractivity contribution in [1.29, 1.82) is 0 Å². The largest absolute Gasteiger partial charge is 0.330 e. The molecule has 0 spiro atoms. The minimum atomic E-state index is -0.322. The van der Waals surface area contributed by atoms with Crippen molar-refractivity contribution in [3.8, 4) is 0 Å². The molecule has 0 radical (unpaired) electrons. The molecule has 0 aliphatic carbocycles. The lowest BCUT2D eigenvalue weighted by molar-refractivity contribution is 0.215. The van der Waals surface area contributed by atoms with E-state index >= 15 is 0 Å². The van der Waals surface area contributed by atoms with Crippen molar-refractivity contribution in [2.75, 3.05) is 7.05 Å². The van der Waals surface area contributed by atoms with E-state index in [2.05, 4.69) is 10.0 Å². The molecule has 2 atom stereocenters. The first-order valence-corrected chi connectivity index (χ1v) is 2.23. The van der Waals surface area contributed by atoms with Gasteiger partial charge in [0, 0.05) is 7.05 Å². The van der Waals surface area contributed by atoms with Crippen molar-refractivity contribution in [3.63, 3.8) is 0 Å². The van der Waals surface area contributed by atoms with Crippen LogP contribution in [0.15, 0.2) is 5.29 Å². The molecule has 0 aromatic rings. The van der Waals surface area contributed by atoms with Crippen LogP contribution in [-0.2, 0) is 4.74 Å². The van der Waals surface area contributed by atoms with Crippen molar-refractivity contribution in [2.24, 2.45) is 11.0 Å². The maximum absolute atomic E-state index is 9.67. The first-order valence-electron chi connectivity index (χ1n) is 2.23. The summed E-state index contributed by atoms with van der Waals surface area (Å²) in [6, 6.07) is 0. The molecule has 0 bridgehead atoms. The summed E-state index contributed by atoms with van der Waals surface area (Å²) in [7, 11) is 1.52. The first kappa shape index (κ1) is 5.46. The lowest BCUT2D eigenvalue weighted by atomic mass is 10.6. The van der Waals surface area contributed by atoms with Crippen molar-refractivity contribution < 1.29 is 4.74 Å². The van der Waals surface area contributed by atoms with Gasteiger partial charge in [0.15, 0.2) is 12.5 Å². The zero-order valence-electron chi connectivity index (χ0n) is 4.44. The van der Waals surface area contributed by atoms with E-state index in [1.54, 1.807) is 0 Å². The van der Waals surface area contributed by atoms with Crippen LogP contribution in [0.1, 0.15) is 0 Å². The van der Waals surface area contributed by atoms with E-state index in [0.717, 1.165) is 5.01 Å². The van der Waals surface area contributed by atoms with E-state index in [1.807, 2.05) is 0 Å². The zero-order chi connectivity index (χ0) is 6.15. The molecule has 8 heavy (non-hydrogen) atoms. The maximum Gasteiger partial charge on any atom is 0.189 e. The standard InChI is InChI=1S/C3H7N3O2/c1-6(5-7)3-2(4)8-3/h2-3H,4H2,1H3. The van der Waals surface area contributed by atoms with Crippen LogP contribution in [-0.4, -0.2) is 24.5 Å². The minimum absolute atomic E-state index is 0.285.